The number of nitrogen functional groups attached to an aromatic ring is 1. The molecular weight excluding hydrogens is 746 g/mol. The quantitative estimate of drug-likeness (QED) is 0.0883. The van der Waals surface area contributed by atoms with Gasteiger partial charge in [0.15, 0.2) is 0 Å². The highest BCUT2D eigenvalue weighted by Crippen LogP contribution is 2.25. The summed E-state index contributed by atoms with van der Waals surface area (Å²) in [6.45, 7) is 13.1. The monoisotopic (exact) mass is 792 g/mol. The van der Waals surface area contributed by atoms with E-state index in [1.54, 1.807) is 65.8 Å². The van der Waals surface area contributed by atoms with Crippen LogP contribution in [0.2, 0.25) is 0 Å². The number of ether oxygens (including phenoxy) is 2. The molecule has 0 unspecified atom stereocenters. The molecule has 0 aliphatic heterocycles. The maximum Gasteiger partial charge on any atom is 0.412 e. The summed E-state index contributed by atoms with van der Waals surface area (Å²) < 4.78 is 36.7. The predicted octanol–water partition coefficient (Wildman–Crippen LogP) is 8.48. The van der Waals surface area contributed by atoms with Crippen molar-refractivity contribution in [2.45, 2.75) is 66.6 Å². The Morgan fingerprint density at radius 3 is 1.37 bits per heavy atom. The number of benzene rings is 4. The molecule has 0 fully saturated rings. The number of carboxylic acids is 1. The van der Waals surface area contributed by atoms with E-state index >= 15 is 0 Å². The first kappa shape index (κ1) is 46.1. The lowest BCUT2D eigenvalue weighted by Crippen LogP contribution is -2.27. The van der Waals surface area contributed by atoms with Crippen LogP contribution in [0.25, 0.3) is 0 Å². The highest BCUT2D eigenvalue weighted by Gasteiger charge is 2.19. The van der Waals surface area contributed by atoms with Crippen molar-refractivity contribution in [1.82, 2.24) is 0 Å². The molecule has 0 aromatic heterocycles. The van der Waals surface area contributed by atoms with Gasteiger partial charge in [0.2, 0.25) is 11.8 Å². The summed E-state index contributed by atoms with van der Waals surface area (Å²) in [4.78, 5) is 67.9. The van der Waals surface area contributed by atoms with Gasteiger partial charge in [-0.15, -0.1) is 0 Å². The molecule has 15 nitrogen and oxygen atoms in total. The lowest BCUT2D eigenvalue weighted by molar-refractivity contribution is -0.115. The fraction of sp³-hybridized carbons (Fsp3) is 0.250. The van der Waals surface area contributed by atoms with Crippen molar-refractivity contribution >= 4 is 70.0 Å². The highest BCUT2D eigenvalue weighted by molar-refractivity contribution is 6.07. The molecule has 304 valence electrons. The second-order valence-electron chi connectivity index (χ2n) is 14.0. The van der Waals surface area contributed by atoms with Gasteiger partial charge < -0.3 is 36.3 Å². The number of hydrogen-bond acceptors (Lipinski definition) is 9. The first-order valence-corrected chi connectivity index (χ1v) is 17.1. The average molecular weight is 793 g/mol. The SMILES string of the molecule is CC(=O)Nc1ccc(C(=O)Nc2ccc(F)cc2NC(=O)OC(C)(C)C)cc1.CC(=O)Nc1ccc(C(=O)O)cc1.CC(C)(C)OC(=O)Nc1cc(F)ccc1N. The third-order valence-corrected chi connectivity index (χ3v) is 6.44. The molecule has 0 spiro atoms. The van der Waals surface area contributed by atoms with Crippen molar-refractivity contribution in [1.29, 1.82) is 0 Å². The zero-order valence-corrected chi connectivity index (χ0v) is 32.6. The summed E-state index contributed by atoms with van der Waals surface area (Å²) >= 11 is 0. The van der Waals surface area contributed by atoms with Crippen molar-refractivity contribution in [2.24, 2.45) is 0 Å². The lowest BCUT2D eigenvalue weighted by Gasteiger charge is -2.20. The van der Waals surface area contributed by atoms with Crippen molar-refractivity contribution in [3.63, 3.8) is 0 Å². The second-order valence-corrected chi connectivity index (χ2v) is 14.0. The predicted molar refractivity (Wildman–Crippen MR) is 213 cm³/mol. The summed E-state index contributed by atoms with van der Waals surface area (Å²) in [5.74, 6) is -2.89. The highest BCUT2D eigenvalue weighted by atomic mass is 19.1. The smallest absolute Gasteiger partial charge is 0.412 e. The Balaban J connectivity index is 0.000000326. The number of nitrogens with two attached hydrogens (primary N) is 1. The Morgan fingerprint density at radius 1 is 0.544 bits per heavy atom. The van der Waals surface area contributed by atoms with Crippen molar-refractivity contribution in [2.75, 3.05) is 32.3 Å². The molecular formula is C40H46F2N6O9. The van der Waals surface area contributed by atoms with Gasteiger partial charge in [-0.05, 0) is 126 Å². The zero-order valence-electron chi connectivity index (χ0n) is 32.6. The van der Waals surface area contributed by atoms with E-state index in [1.807, 2.05) is 0 Å². The number of carbonyl (C=O) groups is 6. The Hall–Kier alpha value is -7.04. The van der Waals surface area contributed by atoms with Crippen LogP contribution in [0, 0.1) is 11.6 Å². The molecule has 0 bridgehead atoms. The summed E-state index contributed by atoms with van der Waals surface area (Å²) in [7, 11) is 0. The maximum absolute atomic E-state index is 13.6. The summed E-state index contributed by atoms with van der Waals surface area (Å²) in [6.07, 6.45) is -1.43. The van der Waals surface area contributed by atoms with E-state index in [4.69, 9.17) is 20.3 Å². The number of nitrogens with one attached hydrogen (secondary N) is 5. The zero-order chi connectivity index (χ0) is 43.1. The fourth-order valence-electron chi connectivity index (χ4n) is 4.19. The van der Waals surface area contributed by atoms with Crippen molar-refractivity contribution in [3.05, 3.63) is 108 Å². The Bertz CT molecular complexity index is 2060. The second kappa shape index (κ2) is 20.6. The molecule has 0 aliphatic rings. The van der Waals surface area contributed by atoms with E-state index in [-0.39, 0.29) is 40.1 Å². The molecule has 5 amide bonds. The third kappa shape index (κ3) is 18.2. The van der Waals surface area contributed by atoms with Crippen LogP contribution in [0.15, 0.2) is 84.9 Å². The van der Waals surface area contributed by atoms with Crippen LogP contribution in [0.4, 0.5) is 52.5 Å². The first-order chi connectivity index (χ1) is 26.4. The summed E-state index contributed by atoms with van der Waals surface area (Å²) in [6, 6.07) is 19.5. The molecule has 4 rings (SSSR count). The van der Waals surface area contributed by atoms with Gasteiger partial charge in [0.05, 0.1) is 28.3 Å². The van der Waals surface area contributed by atoms with Crippen LogP contribution >= 0.6 is 0 Å². The van der Waals surface area contributed by atoms with Gasteiger partial charge in [-0.1, -0.05) is 0 Å². The fourth-order valence-corrected chi connectivity index (χ4v) is 4.19. The van der Waals surface area contributed by atoms with Crippen molar-refractivity contribution < 1.29 is 52.1 Å². The largest absolute Gasteiger partial charge is 0.478 e. The van der Waals surface area contributed by atoms with Crippen LogP contribution in [-0.2, 0) is 19.1 Å². The molecule has 4 aromatic rings. The Kier molecular flexibility index (Phi) is 16.7. The van der Waals surface area contributed by atoms with Crippen molar-refractivity contribution in [3.8, 4) is 0 Å². The Labute approximate surface area is 328 Å². The molecule has 0 heterocycles. The molecule has 0 radical (unpaired) electrons. The van der Waals surface area contributed by atoms with E-state index in [0.29, 0.717) is 16.9 Å². The van der Waals surface area contributed by atoms with Gasteiger partial charge in [0.25, 0.3) is 5.91 Å². The molecule has 0 saturated carbocycles. The molecule has 57 heavy (non-hydrogen) atoms. The number of amides is 5. The van der Waals surface area contributed by atoms with E-state index < -0.39 is 46.9 Å². The molecule has 4 aromatic carbocycles. The first-order valence-electron chi connectivity index (χ1n) is 17.1. The summed E-state index contributed by atoms with van der Waals surface area (Å²) in [5.41, 5.74) is 6.67. The number of aromatic carboxylic acids is 1. The average Bonchev–Trinajstić information content (AvgIpc) is 3.06. The van der Waals surface area contributed by atoms with Gasteiger partial charge in [-0.25, -0.2) is 23.2 Å². The minimum absolute atomic E-state index is 0.0671. The van der Waals surface area contributed by atoms with Crippen LogP contribution in [-0.4, -0.2) is 52.2 Å². The van der Waals surface area contributed by atoms with Crippen LogP contribution in [0.1, 0.15) is 76.1 Å². The standard InChI is InChI=1S/C20H22FN3O4.C11H15FN2O2.C9H9NO3/c1-12(25)22-15-8-5-13(6-9-15)18(26)23-16-10-7-14(21)11-17(16)24-19(27)28-20(2,3)4;1-11(2,3)16-10(15)14-9-6-7(12)4-5-8(9)13;1-6(11)10-8-4-2-7(3-5-8)9(12)13/h5-11H,1-4H3,(H,22,25)(H,23,26)(H,24,27);4-6H,13H2,1-3H3,(H,14,15);2-5H,1H3,(H,10,11)(H,12,13). The topological polar surface area (TPSA) is 227 Å². The van der Waals surface area contributed by atoms with Gasteiger partial charge in [-0.3, -0.25) is 25.0 Å². The van der Waals surface area contributed by atoms with E-state index in [9.17, 15) is 37.5 Å². The van der Waals surface area contributed by atoms with Crippen LogP contribution in [0.5, 0.6) is 0 Å². The van der Waals surface area contributed by atoms with E-state index in [0.717, 1.165) is 18.2 Å². The molecule has 17 heteroatoms. The van der Waals surface area contributed by atoms with Crippen LogP contribution < -0.4 is 32.3 Å². The minimum atomic E-state index is -0.977. The molecule has 8 N–H and O–H groups in total. The van der Waals surface area contributed by atoms with Gasteiger partial charge >= 0.3 is 18.2 Å². The van der Waals surface area contributed by atoms with Gasteiger partial charge in [0, 0.05) is 30.8 Å². The summed E-state index contributed by atoms with van der Waals surface area (Å²) in [5, 5.41) is 21.1. The normalized spacial score (nSPS) is 10.5. The van der Waals surface area contributed by atoms with Gasteiger partial charge in [-0.2, -0.15) is 0 Å². The Morgan fingerprint density at radius 2 is 0.947 bits per heavy atom. The van der Waals surface area contributed by atoms with Gasteiger partial charge in [0.1, 0.15) is 22.8 Å². The molecule has 0 aliphatic carbocycles. The number of carboxylic acid groups (broad SMARTS) is 1. The number of hydrogen-bond donors (Lipinski definition) is 7. The third-order valence-electron chi connectivity index (χ3n) is 6.44. The minimum Gasteiger partial charge on any atom is -0.478 e. The maximum atomic E-state index is 13.6. The van der Waals surface area contributed by atoms with E-state index in [2.05, 4.69) is 26.6 Å². The van der Waals surface area contributed by atoms with Crippen LogP contribution in [0.3, 0.4) is 0 Å². The molecule has 0 atom stereocenters. The number of anilines is 6. The molecule has 0 saturated heterocycles. The number of halogens is 2. The number of carbonyl (C=O) groups excluding carboxylic acids is 5. The lowest BCUT2D eigenvalue weighted by atomic mass is 10.1. The van der Waals surface area contributed by atoms with E-state index in [1.165, 1.54) is 56.3 Å². The number of rotatable bonds is 7.